The quantitative estimate of drug-likeness (QED) is 0.355. The Bertz CT molecular complexity index is 96.9. The predicted molar refractivity (Wildman–Crippen MR) is 37.6 cm³/mol. The van der Waals surface area contributed by atoms with Crippen molar-refractivity contribution in [2.24, 2.45) is 5.73 Å². The zero-order chi connectivity index (χ0) is 8.41. The fourth-order valence-electron chi connectivity index (χ4n) is 0.200. The van der Waals surface area contributed by atoms with Crippen LogP contribution in [0.1, 0.15) is 6.92 Å². The fourth-order valence-corrected chi connectivity index (χ4v) is 0.277. The van der Waals surface area contributed by atoms with Crippen LogP contribution in [0.4, 0.5) is 0 Å². The molecule has 0 bridgehead atoms. The summed E-state index contributed by atoms with van der Waals surface area (Å²) in [7, 11) is 0. The van der Waals surface area contributed by atoms with E-state index in [1.165, 1.54) is 0 Å². The van der Waals surface area contributed by atoms with E-state index < -0.39 is 0 Å². The van der Waals surface area contributed by atoms with Gasteiger partial charge in [-0.1, -0.05) is 0 Å². The molecule has 0 heterocycles. The average Bonchev–Trinajstić information content (AvgIpc) is 1.90. The number of primary amides is 1. The highest BCUT2D eigenvalue weighted by Gasteiger charge is 1.93. The van der Waals surface area contributed by atoms with Gasteiger partial charge in [0.2, 0.25) is 6.41 Å². The van der Waals surface area contributed by atoms with Crippen molar-refractivity contribution in [1.29, 1.82) is 0 Å². The Morgan fingerprint density at radius 2 is 2.20 bits per heavy atom. The van der Waals surface area contributed by atoms with Gasteiger partial charge in [0, 0.05) is 0 Å². The van der Waals surface area contributed by atoms with E-state index in [4.69, 9.17) is 16.4 Å². The fraction of sp³-hybridized carbons (Fsp3) is 0.600. The Morgan fingerprint density at radius 3 is 2.30 bits per heavy atom. The molecule has 0 aromatic carbocycles. The first-order chi connectivity index (χ1) is 4.72. The number of amides is 1. The highest BCUT2D eigenvalue weighted by atomic mass is 35.5. The number of alkyl halides is 1. The topological polar surface area (TPSA) is 69.4 Å². The Morgan fingerprint density at radius 1 is 1.80 bits per heavy atom. The smallest absolute Gasteiger partial charge is 0.320 e. The molecule has 5 heteroatoms. The van der Waals surface area contributed by atoms with Gasteiger partial charge in [-0.15, -0.1) is 11.6 Å². The van der Waals surface area contributed by atoms with Gasteiger partial charge >= 0.3 is 5.97 Å². The second-order valence-electron chi connectivity index (χ2n) is 1.07. The van der Waals surface area contributed by atoms with Crippen LogP contribution < -0.4 is 5.73 Å². The molecule has 10 heavy (non-hydrogen) atoms. The van der Waals surface area contributed by atoms with Crippen LogP contribution >= 0.6 is 11.6 Å². The van der Waals surface area contributed by atoms with Gasteiger partial charge < -0.3 is 10.5 Å². The van der Waals surface area contributed by atoms with Gasteiger partial charge in [0.05, 0.1) is 6.61 Å². The molecular weight excluding hydrogens is 158 g/mol. The maximum atomic E-state index is 10.1. The summed E-state index contributed by atoms with van der Waals surface area (Å²) in [4.78, 5) is 18.6. The summed E-state index contributed by atoms with van der Waals surface area (Å²) in [5.74, 6) is -0.405. The summed E-state index contributed by atoms with van der Waals surface area (Å²) >= 11 is 5.06. The summed E-state index contributed by atoms with van der Waals surface area (Å²) in [6, 6.07) is 0. The molecule has 4 nitrogen and oxygen atoms in total. The van der Waals surface area contributed by atoms with Crippen LogP contribution in [-0.2, 0) is 14.3 Å². The highest BCUT2D eigenvalue weighted by molar-refractivity contribution is 6.26. The average molecular weight is 168 g/mol. The zero-order valence-corrected chi connectivity index (χ0v) is 6.43. The first-order valence-electron chi connectivity index (χ1n) is 2.59. The predicted octanol–water partition coefficient (Wildman–Crippen LogP) is -0.110. The molecule has 0 aromatic rings. The second-order valence-corrected chi connectivity index (χ2v) is 1.34. The standard InChI is InChI=1S/C4H7ClO2.CH3NO/c1-2-7-4(6)3-5;2-1-3/h2-3H2,1H3;1H,(H2,2,3). The number of nitrogens with two attached hydrogens (primary N) is 1. The third kappa shape index (κ3) is 15.7. The minimum Gasteiger partial charge on any atom is -0.465 e. The van der Waals surface area contributed by atoms with E-state index in [1.807, 2.05) is 0 Å². The van der Waals surface area contributed by atoms with Crippen molar-refractivity contribution in [3.63, 3.8) is 0 Å². The number of carbonyl (C=O) groups excluding carboxylic acids is 2. The molecule has 0 saturated heterocycles. The zero-order valence-electron chi connectivity index (χ0n) is 5.67. The summed E-state index contributed by atoms with van der Waals surface area (Å²) in [6.45, 7) is 2.15. The molecule has 0 aliphatic heterocycles. The minimum absolute atomic E-state index is 0.0478. The van der Waals surface area contributed by atoms with Crippen LogP contribution in [0.2, 0.25) is 0 Å². The molecule has 0 rings (SSSR count). The first-order valence-corrected chi connectivity index (χ1v) is 3.13. The molecule has 60 valence electrons. The third-order valence-electron chi connectivity index (χ3n) is 0.414. The van der Waals surface area contributed by atoms with Crippen LogP contribution in [0.3, 0.4) is 0 Å². The number of hydrogen-bond acceptors (Lipinski definition) is 3. The van der Waals surface area contributed by atoms with E-state index >= 15 is 0 Å². The SMILES string of the molecule is CCOC(=O)CCl.NC=O. The summed E-state index contributed by atoms with van der Waals surface area (Å²) in [5, 5.41) is 0. The lowest BCUT2D eigenvalue weighted by Crippen LogP contribution is -2.03. The van der Waals surface area contributed by atoms with Gasteiger partial charge in [-0.2, -0.15) is 0 Å². The van der Waals surface area contributed by atoms with Crippen molar-refractivity contribution < 1.29 is 14.3 Å². The van der Waals surface area contributed by atoms with Gasteiger partial charge in [-0.05, 0) is 6.92 Å². The molecule has 2 N–H and O–H groups in total. The molecule has 0 aromatic heterocycles. The lowest BCUT2D eigenvalue weighted by atomic mass is 10.8. The summed E-state index contributed by atoms with van der Waals surface area (Å²) in [5.41, 5.74) is 4.17. The van der Waals surface area contributed by atoms with Crippen LogP contribution in [0.15, 0.2) is 0 Å². The van der Waals surface area contributed by atoms with Crippen LogP contribution in [0, 0.1) is 0 Å². The Hall–Kier alpha value is -0.770. The van der Waals surface area contributed by atoms with Crippen molar-refractivity contribution in [1.82, 2.24) is 0 Å². The van der Waals surface area contributed by atoms with Crippen molar-refractivity contribution in [3.05, 3.63) is 0 Å². The van der Waals surface area contributed by atoms with E-state index in [0.717, 1.165) is 0 Å². The van der Waals surface area contributed by atoms with E-state index in [1.54, 1.807) is 6.92 Å². The van der Waals surface area contributed by atoms with E-state index in [2.05, 4.69) is 10.5 Å². The molecule has 0 radical (unpaired) electrons. The normalized spacial score (nSPS) is 7.00. The van der Waals surface area contributed by atoms with E-state index in [0.29, 0.717) is 6.61 Å². The minimum atomic E-state index is -0.357. The largest absolute Gasteiger partial charge is 0.465 e. The van der Waals surface area contributed by atoms with Gasteiger partial charge in [-0.25, -0.2) is 0 Å². The summed E-state index contributed by atoms with van der Waals surface area (Å²) < 4.78 is 4.42. The molecule has 1 amide bonds. The van der Waals surface area contributed by atoms with Crippen molar-refractivity contribution in [3.8, 4) is 0 Å². The molecule has 0 fully saturated rings. The van der Waals surface area contributed by atoms with E-state index in [9.17, 15) is 4.79 Å². The Labute approximate surface area is 64.3 Å². The van der Waals surface area contributed by atoms with Gasteiger partial charge in [0.1, 0.15) is 5.88 Å². The number of rotatable bonds is 2. The van der Waals surface area contributed by atoms with Gasteiger partial charge in [-0.3, -0.25) is 9.59 Å². The van der Waals surface area contributed by atoms with Crippen LogP contribution in [0.25, 0.3) is 0 Å². The molecular formula is C5H10ClNO3. The van der Waals surface area contributed by atoms with Crippen LogP contribution in [-0.4, -0.2) is 24.9 Å². The molecule has 0 aliphatic rings. The number of hydrogen-bond donors (Lipinski definition) is 1. The van der Waals surface area contributed by atoms with E-state index in [-0.39, 0.29) is 18.3 Å². The van der Waals surface area contributed by atoms with Crippen molar-refractivity contribution in [2.45, 2.75) is 6.92 Å². The molecule has 0 spiro atoms. The third-order valence-corrected chi connectivity index (χ3v) is 0.633. The molecule has 0 atom stereocenters. The second kappa shape index (κ2) is 11.1. The lowest BCUT2D eigenvalue weighted by molar-refractivity contribution is -0.140. The van der Waals surface area contributed by atoms with Gasteiger partial charge in [0.15, 0.2) is 0 Å². The Kier molecular flexibility index (Phi) is 13.3. The lowest BCUT2D eigenvalue weighted by Gasteiger charge is -1.92. The molecule has 0 aliphatic carbocycles. The highest BCUT2D eigenvalue weighted by Crippen LogP contribution is 1.79. The Balaban J connectivity index is 0. The number of carbonyl (C=O) groups is 2. The van der Waals surface area contributed by atoms with Crippen LogP contribution in [0.5, 0.6) is 0 Å². The number of halogens is 1. The summed E-state index contributed by atoms with van der Waals surface area (Å²) in [6.07, 6.45) is 0.250. The number of ether oxygens (including phenoxy) is 1. The number of esters is 1. The maximum absolute atomic E-state index is 10.1. The molecule has 0 saturated carbocycles. The molecule has 0 unspecified atom stereocenters. The first kappa shape index (κ1) is 12.0. The maximum Gasteiger partial charge on any atom is 0.320 e. The van der Waals surface area contributed by atoms with Crippen molar-refractivity contribution in [2.75, 3.05) is 12.5 Å². The van der Waals surface area contributed by atoms with Gasteiger partial charge in [0.25, 0.3) is 0 Å². The monoisotopic (exact) mass is 167 g/mol. The van der Waals surface area contributed by atoms with Crippen molar-refractivity contribution >= 4 is 24.0 Å².